The Morgan fingerprint density at radius 1 is 1.28 bits per heavy atom. The van der Waals surface area contributed by atoms with Gasteiger partial charge in [-0.1, -0.05) is 19.1 Å². The monoisotopic (exact) mass is 346 g/mol. The molecule has 0 unspecified atom stereocenters. The number of para-hydroxylation sites is 2. The lowest BCUT2D eigenvalue weighted by Gasteiger charge is -2.26. The molecule has 1 aliphatic rings. The number of aryl methyl sites for hydroxylation is 1. The summed E-state index contributed by atoms with van der Waals surface area (Å²) in [5, 5.41) is 10.6. The third kappa shape index (κ3) is 4.40. The highest BCUT2D eigenvalue weighted by molar-refractivity contribution is 5.73. The van der Waals surface area contributed by atoms with Crippen molar-refractivity contribution in [3.05, 3.63) is 36.0 Å². The summed E-state index contributed by atoms with van der Waals surface area (Å²) in [4.78, 5) is 13.6. The zero-order chi connectivity index (χ0) is 17.6. The van der Waals surface area contributed by atoms with E-state index in [0.29, 0.717) is 37.8 Å². The van der Waals surface area contributed by atoms with E-state index in [-0.39, 0.29) is 18.7 Å². The van der Waals surface area contributed by atoms with Crippen LogP contribution in [0.4, 0.5) is 4.79 Å². The van der Waals surface area contributed by atoms with Crippen LogP contribution in [0.3, 0.4) is 0 Å². The number of aromatic nitrogens is 2. The zero-order valence-corrected chi connectivity index (χ0v) is 14.4. The largest absolute Gasteiger partial charge is 0.486 e. The molecule has 0 bridgehead atoms. The van der Waals surface area contributed by atoms with Crippen molar-refractivity contribution >= 4 is 6.03 Å². The fourth-order valence-electron chi connectivity index (χ4n) is 2.45. The van der Waals surface area contributed by atoms with E-state index >= 15 is 0 Å². The molecule has 0 aliphatic carbocycles. The molecule has 1 aromatic heterocycles. The first-order chi connectivity index (χ1) is 12.2. The molecule has 1 atom stereocenters. The number of hydrogen-bond donors (Lipinski definition) is 1. The molecular weight excluding hydrogens is 324 g/mol. The van der Waals surface area contributed by atoms with E-state index in [1.165, 1.54) is 4.90 Å². The summed E-state index contributed by atoms with van der Waals surface area (Å²) in [6.07, 6.45) is 1.26. The smallest absolute Gasteiger partial charge is 0.317 e. The number of rotatable bonds is 6. The molecule has 2 heterocycles. The Morgan fingerprint density at radius 3 is 2.80 bits per heavy atom. The minimum Gasteiger partial charge on any atom is -0.486 e. The average molecular weight is 346 g/mol. The Morgan fingerprint density at radius 2 is 2.04 bits per heavy atom. The number of benzene rings is 1. The van der Waals surface area contributed by atoms with E-state index in [2.05, 4.69) is 15.5 Å². The normalized spacial score (nSPS) is 15.7. The molecule has 2 aromatic rings. The molecule has 0 radical (unpaired) electrons. The van der Waals surface area contributed by atoms with E-state index in [9.17, 15) is 4.79 Å². The summed E-state index contributed by atoms with van der Waals surface area (Å²) in [5.41, 5.74) is 0. The Hall–Kier alpha value is -2.77. The lowest BCUT2D eigenvalue weighted by molar-refractivity contribution is 0.0849. The van der Waals surface area contributed by atoms with Crippen molar-refractivity contribution in [1.82, 2.24) is 20.4 Å². The van der Waals surface area contributed by atoms with Crippen molar-refractivity contribution in [1.29, 1.82) is 0 Å². The number of amides is 2. The summed E-state index contributed by atoms with van der Waals surface area (Å²) in [7, 11) is 1.68. The second-order valence-electron chi connectivity index (χ2n) is 5.82. The van der Waals surface area contributed by atoms with Crippen LogP contribution in [-0.2, 0) is 13.0 Å². The highest BCUT2D eigenvalue weighted by Crippen LogP contribution is 2.31. The molecule has 134 valence electrons. The Bertz CT molecular complexity index is 718. The van der Waals surface area contributed by atoms with Crippen LogP contribution in [0, 0.1) is 0 Å². The first-order valence-electron chi connectivity index (χ1n) is 8.34. The highest BCUT2D eigenvalue weighted by Gasteiger charge is 2.21. The quantitative estimate of drug-likeness (QED) is 0.860. The summed E-state index contributed by atoms with van der Waals surface area (Å²) in [6, 6.07) is 7.37. The average Bonchev–Trinajstić information content (AvgIpc) is 3.09. The molecule has 0 fully saturated rings. The van der Waals surface area contributed by atoms with Crippen molar-refractivity contribution in [2.24, 2.45) is 0 Å². The van der Waals surface area contributed by atoms with E-state index in [4.69, 9.17) is 13.9 Å². The molecule has 25 heavy (non-hydrogen) atoms. The van der Waals surface area contributed by atoms with E-state index in [0.717, 1.165) is 11.5 Å². The maximum absolute atomic E-state index is 12.1. The molecule has 0 saturated carbocycles. The molecule has 8 heteroatoms. The van der Waals surface area contributed by atoms with Gasteiger partial charge in [-0.05, 0) is 12.1 Å². The number of carbonyl (C=O) groups excluding carboxylic acids is 1. The van der Waals surface area contributed by atoms with Gasteiger partial charge in [0.05, 0.1) is 0 Å². The van der Waals surface area contributed by atoms with Crippen LogP contribution in [0.2, 0.25) is 0 Å². The predicted octanol–water partition coefficient (Wildman–Crippen LogP) is 2.00. The third-order valence-corrected chi connectivity index (χ3v) is 3.84. The summed E-state index contributed by atoms with van der Waals surface area (Å²) >= 11 is 0. The van der Waals surface area contributed by atoms with Gasteiger partial charge in [0, 0.05) is 26.4 Å². The van der Waals surface area contributed by atoms with Crippen molar-refractivity contribution in [3.8, 4) is 11.5 Å². The molecule has 1 aromatic carbocycles. The number of ether oxygens (including phenoxy) is 2. The summed E-state index contributed by atoms with van der Waals surface area (Å²) in [5.74, 6) is 2.49. The van der Waals surface area contributed by atoms with Crippen molar-refractivity contribution < 1.29 is 18.7 Å². The molecule has 1 aliphatic heterocycles. The van der Waals surface area contributed by atoms with Gasteiger partial charge in [0.1, 0.15) is 19.3 Å². The third-order valence-electron chi connectivity index (χ3n) is 3.84. The van der Waals surface area contributed by atoms with Crippen LogP contribution < -0.4 is 14.8 Å². The molecule has 3 rings (SSSR count). The summed E-state index contributed by atoms with van der Waals surface area (Å²) in [6.45, 7) is 3.17. The van der Waals surface area contributed by atoms with Crippen LogP contribution >= 0.6 is 0 Å². The SMILES string of the molecule is CCc1nnc(CN(C)C(=O)NCC[C@H]2COc3ccccc3O2)o1. The number of hydrogen-bond acceptors (Lipinski definition) is 6. The fraction of sp³-hybridized carbons (Fsp3) is 0.471. The zero-order valence-electron chi connectivity index (χ0n) is 14.4. The minimum absolute atomic E-state index is 0.0800. The summed E-state index contributed by atoms with van der Waals surface area (Å²) < 4.78 is 16.9. The van der Waals surface area contributed by atoms with E-state index in [1.54, 1.807) is 7.05 Å². The molecule has 2 amide bonds. The van der Waals surface area contributed by atoms with E-state index in [1.807, 2.05) is 31.2 Å². The first-order valence-corrected chi connectivity index (χ1v) is 8.34. The number of nitrogens with one attached hydrogen (secondary N) is 1. The Balaban J connectivity index is 1.40. The highest BCUT2D eigenvalue weighted by atomic mass is 16.6. The fourth-order valence-corrected chi connectivity index (χ4v) is 2.45. The maximum atomic E-state index is 12.1. The molecule has 0 spiro atoms. The topological polar surface area (TPSA) is 89.7 Å². The van der Waals surface area contributed by atoms with Gasteiger partial charge in [-0.2, -0.15) is 0 Å². The van der Waals surface area contributed by atoms with Crippen molar-refractivity contribution in [2.45, 2.75) is 32.4 Å². The van der Waals surface area contributed by atoms with Gasteiger partial charge in [-0.3, -0.25) is 0 Å². The van der Waals surface area contributed by atoms with Gasteiger partial charge in [0.15, 0.2) is 11.5 Å². The lowest BCUT2D eigenvalue weighted by atomic mass is 10.2. The van der Waals surface area contributed by atoms with Crippen molar-refractivity contribution in [3.63, 3.8) is 0 Å². The van der Waals surface area contributed by atoms with Crippen LogP contribution in [0.15, 0.2) is 28.7 Å². The molecule has 0 saturated heterocycles. The second kappa shape index (κ2) is 7.87. The van der Waals surface area contributed by atoms with Crippen molar-refractivity contribution in [2.75, 3.05) is 20.2 Å². The van der Waals surface area contributed by atoms with Gasteiger partial charge in [0.2, 0.25) is 11.8 Å². The molecule has 1 N–H and O–H groups in total. The van der Waals surface area contributed by atoms with Crippen LogP contribution in [0.1, 0.15) is 25.1 Å². The Labute approximate surface area is 146 Å². The lowest BCUT2D eigenvalue weighted by Crippen LogP contribution is -2.39. The standard InChI is InChI=1S/C17H22N4O4/c1-3-15-19-20-16(25-15)10-21(2)17(22)18-9-8-12-11-23-13-6-4-5-7-14(13)24-12/h4-7,12H,3,8-11H2,1-2H3,(H,18,22)/t12-/m0/s1. The maximum Gasteiger partial charge on any atom is 0.317 e. The number of urea groups is 1. The van der Waals surface area contributed by atoms with Crippen LogP contribution in [-0.4, -0.2) is 47.4 Å². The predicted molar refractivity (Wildman–Crippen MR) is 89.5 cm³/mol. The Kier molecular flexibility index (Phi) is 5.37. The minimum atomic E-state index is -0.201. The number of nitrogens with zero attached hydrogens (tertiary/aromatic N) is 3. The van der Waals surface area contributed by atoms with Crippen LogP contribution in [0.5, 0.6) is 11.5 Å². The van der Waals surface area contributed by atoms with Gasteiger partial charge in [-0.25, -0.2) is 4.79 Å². The van der Waals surface area contributed by atoms with E-state index < -0.39 is 0 Å². The molecular formula is C17H22N4O4. The van der Waals surface area contributed by atoms with Gasteiger partial charge in [0.25, 0.3) is 0 Å². The van der Waals surface area contributed by atoms with Gasteiger partial charge < -0.3 is 24.1 Å². The number of fused-ring (bicyclic) bond motifs is 1. The van der Waals surface area contributed by atoms with Gasteiger partial charge in [-0.15, -0.1) is 10.2 Å². The molecule has 8 nitrogen and oxygen atoms in total. The van der Waals surface area contributed by atoms with Crippen LogP contribution in [0.25, 0.3) is 0 Å². The second-order valence-corrected chi connectivity index (χ2v) is 5.82. The first kappa shape index (κ1) is 17.1. The van der Waals surface area contributed by atoms with Gasteiger partial charge >= 0.3 is 6.03 Å². The number of carbonyl (C=O) groups is 1.